The lowest BCUT2D eigenvalue weighted by Crippen LogP contribution is -2.35. The third-order valence-corrected chi connectivity index (χ3v) is 4.62. The third kappa shape index (κ3) is 5.88. The lowest BCUT2D eigenvalue weighted by atomic mass is 10.0. The predicted molar refractivity (Wildman–Crippen MR) is 92.9 cm³/mol. The van der Waals surface area contributed by atoms with Crippen LogP contribution in [-0.2, 0) is 15.8 Å². The Morgan fingerprint density at radius 1 is 1.38 bits per heavy atom. The van der Waals surface area contributed by atoms with Gasteiger partial charge >= 0.3 is 6.18 Å². The molecule has 2 N–H and O–H groups in total. The number of rotatable bonds is 6. The van der Waals surface area contributed by atoms with E-state index in [2.05, 4.69) is 10.6 Å². The van der Waals surface area contributed by atoms with E-state index in [1.807, 2.05) is 0 Å². The Morgan fingerprint density at radius 3 is 2.73 bits per heavy atom. The number of halogens is 4. The lowest BCUT2D eigenvalue weighted by Gasteiger charge is -2.18. The largest absolute Gasteiger partial charge is 0.417 e. The summed E-state index contributed by atoms with van der Waals surface area (Å²) in [4.78, 5) is 25.4. The van der Waals surface area contributed by atoms with Crippen LogP contribution >= 0.6 is 11.6 Å². The quantitative estimate of drug-likeness (QED) is 0.783. The number of amides is 2. The second-order valence-corrected chi connectivity index (χ2v) is 6.80. The van der Waals surface area contributed by atoms with Crippen LogP contribution in [0.15, 0.2) is 18.2 Å². The van der Waals surface area contributed by atoms with E-state index in [9.17, 15) is 22.8 Å². The van der Waals surface area contributed by atoms with E-state index < -0.39 is 22.7 Å². The van der Waals surface area contributed by atoms with Crippen LogP contribution in [0.1, 0.15) is 24.8 Å². The van der Waals surface area contributed by atoms with Gasteiger partial charge < -0.3 is 15.5 Å². The van der Waals surface area contributed by atoms with E-state index in [4.69, 9.17) is 11.6 Å². The summed E-state index contributed by atoms with van der Waals surface area (Å²) >= 11 is 5.54. The van der Waals surface area contributed by atoms with Crippen LogP contribution in [0, 0.1) is 5.92 Å². The molecule has 0 radical (unpaired) electrons. The number of nitrogens with one attached hydrogen (secondary N) is 2. The van der Waals surface area contributed by atoms with Gasteiger partial charge in [-0.2, -0.15) is 13.2 Å². The van der Waals surface area contributed by atoms with Crippen molar-refractivity contribution in [2.75, 3.05) is 32.0 Å². The summed E-state index contributed by atoms with van der Waals surface area (Å²) in [5.74, 6) is -0.269. The van der Waals surface area contributed by atoms with Crippen molar-refractivity contribution < 1.29 is 22.8 Å². The summed E-state index contributed by atoms with van der Waals surface area (Å²) in [5, 5.41) is 5.15. The van der Waals surface area contributed by atoms with Gasteiger partial charge in [-0.1, -0.05) is 11.6 Å². The minimum Gasteiger partial charge on any atom is -0.336 e. The number of carbonyl (C=O) groups excluding carboxylic acids is 2. The SMILES string of the molecule is CN(CC(=O)Nc1ccc(Cl)c(C(F)(F)F)c1)C(=O)CCC1CCNC1. The Bertz CT molecular complexity index is 661. The zero-order valence-corrected chi connectivity index (χ0v) is 15.1. The number of likely N-dealkylation sites (N-methyl/N-ethyl adjacent to an activating group) is 1. The van der Waals surface area contributed by atoms with Crippen LogP contribution in [-0.4, -0.2) is 43.4 Å². The fraction of sp³-hybridized carbons (Fsp3) is 0.529. The molecular weight excluding hydrogens is 371 g/mol. The van der Waals surface area contributed by atoms with Crippen molar-refractivity contribution in [1.82, 2.24) is 10.2 Å². The van der Waals surface area contributed by atoms with Gasteiger partial charge in [0.25, 0.3) is 0 Å². The van der Waals surface area contributed by atoms with Gasteiger partial charge in [-0.3, -0.25) is 9.59 Å². The van der Waals surface area contributed by atoms with Gasteiger partial charge in [-0.15, -0.1) is 0 Å². The second-order valence-electron chi connectivity index (χ2n) is 6.39. The molecule has 0 spiro atoms. The highest BCUT2D eigenvalue weighted by Crippen LogP contribution is 2.36. The van der Waals surface area contributed by atoms with Crippen LogP contribution in [0.4, 0.5) is 18.9 Å². The van der Waals surface area contributed by atoms with Crippen molar-refractivity contribution >= 4 is 29.1 Å². The fourth-order valence-corrected chi connectivity index (χ4v) is 3.03. The molecule has 1 unspecified atom stereocenters. The highest BCUT2D eigenvalue weighted by Gasteiger charge is 2.33. The summed E-state index contributed by atoms with van der Waals surface area (Å²) in [6.45, 7) is 1.62. The van der Waals surface area contributed by atoms with Gasteiger partial charge in [0.15, 0.2) is 0 Å². The molecule has 26 heavy (non-hydrogen) atoms. The highest BCUT2D eigenvalue weighted by molar-refractivity contribution is 6.31. The standard InChI is InChI=1S/C17H21ClF3N3O2/c1-24(16(26)5-2-11-6-7-22-9-11)10-15(25)23-12-3-4-14(18)13(8-12)17(19,20)21/h3-4,8,11,22H,2,5-7,9-10H2,1H3,(H,23,25). The van der Waals surface area contributed by atoms with E-state index in [-0.39, 0.29) is 18.1 Å². The van der Waals surface area contributed by atoms with E-state index in [0.717, 1.165) is 38.1 Å². The maximum Gasteiger partial charge on any atom is 0.417 e. The Hall–Kier alpha value is -1.80. The van der Waals surface area contributed by atoms with Crippen molar-refractivity contribution in [3.05, 3.63) is 28.8 Å². The first kappa shape index (κ1) is 20.5. The molecule has 1 aromatic carbocycles. The number of hydrogen-bond acceptors (Lipinski definition) is 3. The molecule has 2 amide bonds. The van der Waals surface area contributed by atoms with Gasteiger partial charge in [0.05, 0.1) is 17.1 Å². The second kappa shape index (κ2) is 8.73. The van der Waals surface area contributed by atoms with Crippen LogP contribution in [0.25, 0.3) is 0 Å². The van der Waals surface area contributed by atoms with Crippen LogP contribution in [0.5, 0.6) is 0 Å². The summed E-state index contributed by atoms with van der Waals surface area (Å²) in [6.07, 6.45) is -2.48. The molecule has 0 aliphatic carbocycles. The van der Waals surface area contributed by atoms with E-state index in [1.165, 1.54) is 18.0 Å². The monoisotopic (exact) mass is 391 g/mol. The first-order valence-electron chi connectivity index (χ1n) is 8.28. The molecule has 1 aliphatic rings. The summed E-state index contributed by atoms with van der Waals surface area (Å²) in [7, 11) is 1.50. The fourth-order valence-electron chi connectivity index (χ4n) is 2.80. The van der Waals surface area contributed by atoms with E-state index in [1.54, 1.807) is 0 Å². The van der Waals surface area contributed by atoms with Crippen molar-refractivity contribution in [3.63, 3.8) is 0 Å². The highest BCUT2D eigenvalue weighted by atomic mass is 35.5. The number of carbonyl (C=O) groups is 2. The molecule has 9 heteroatoms. The summed E-state index contributed by atoms with van der Waals surface area (Å²) in [6, 6.07) is 3.13. The number of alkyl halides is 3. The van der Waals surface area contributed by atoms with Gasteiger partial charge in [0.2, 0.25) is 11.8 Å². The Labute approximate surface area is 154 Å². The molecule has 0 saturated carbocycles. The normalized spacial score (nSPS) is 17.2. The molecular formula is C17H21ClF3N3O2. The Morgan fingerprint density at radius 2 is 2.12 bits per heavy atom. The molecule has 1 aliphatic heterocycles. The maximum absolute atomic E-state index is 12.8. The molecule has 0 aromatic heterocycles. The molecule has 144 valence electrons. The average Bonchev–Trinajstić information content (AvgIpc) is 3.06. The summed E-state index contributed by atoms with van der Waals surface area (Å²) in [5.41, 5.74) is -1.05. The predicted octanol–water partition coefficient (Wildman–Crippen LogP) is 3.15. The zero-order chi connectivity index (χ0) is 19.3. The topological polar surface area (TPSA) is 61.4 Å². The molecule has 1 aromatic rings. The molecule has 1 fully saturated rings. The van der Waals surface area contributed by atoms with Gasteiger partial charge in [0, 0.05) is 19.2 Å². The molecule has 1 atom stereocenters. The van der Waals surface area contributed by atoms with Crippen molar-refractivity contribution in [2.24, 2.45) is 5.92 Å². The van der Waals surface area contributed by atoms with Crippen molar-refractivity contribution in [1.29, 1.82) is 0 Å². The zero-order valence-electron chi connectivity index (χ0n) is 14.3. The first-order chi connectivity index (χ1) is 12.2. The first-order valence-corrected chi connectivity index (χ1v) is 8.66. The Kier molecular flexibility index (Phi) is 6.88. The summed E-state index contributed by atoms with van der Waals surface area (Å²) < 4.78 is 38.5. The average molecular weight is 392 g/mol. The number of benzene rings is 1. The lowest BCUT2D eigenvalue weighted by molar-refractivity contribution is -0.137. The van der Waals surface area contributed by atoms with Crippen LogP contribution in [0.2, 0.25) is 5.02 Å². The van der Waals surface area contributed by atoms with Gasteiger partial charge in [0.1, 0.15) is 0 Å². The number of nitrogens with zero attached hydrogens (tertiary/aromatic N) is 1. The van der Waals surface area contributed by atoms with Crippen molar-refractivity contribution in [2.45, 2.75) is 25.4 Å². The van der Waals surface area contributed by atoms with E-state index in [0.29, 0.717) is 12.3 Å². The third-order valence-electron chi connectivity index (χ3n) is 4.29. The number of hydrogen-bond donors (Lipinski definition) is 2. The van der Waals surface area contributed by atoms with Crippen LogP contribution < -0.4 is 10.6 Å². The Balaban J connectivity index is 1.86. The smallest absolute Gasteiger partial charge is 0.336 e. The molecule has 5 nitrogen and oxygen atoms in total. The molecule has 1 saturated heterocycles. The number of anilines is 1. The van der Waals surface area contributed by atoms with Crippen molar-refractivity contribution in [3.8, 4) is 0 Å². The van der Waals surface area contributed by atoms with E-state index >= 15 is 0 Å². The minimum absolute atomic E-state index is 0.0235. The maximum atomic E-state index is 12.8. The minimum atomic E-state index is -4.61. The molecule has 2 rings (SSSR count). The van der Waals surface area contributed by atoms with Gasteiger partial charge in [-0.25, -0.2) is 0 Å². The molecule has 1 heterocycles. The molecule has 0 bridgehead atoms. The van der Waals surface area contributed by atoms with Gasteiger partial charge in [-0.05, 0) is 50.0 Å². The van der Waals surface area contributed by atoms with Crippen LogP contribution in [0.3, 0.4) is 0 Å².